The van der Waals surface area contributed by atoms with Crippen LogP contribution in [0.25, 0.3) is 16.5 Å². The molecule has 5 rings (SSSR count). The number of hydrogen-bond acceptors (Lipinski definition) is 6. The highest BCUT2D eigenvalue weighted by atomic mass is 16.5. The van der Waals surface area contributed by atoms with Crippen molar-refractivity contribution < 1.29 is 29.3 Å². The van der Waals surface area contributed by atoms with Crippen LogP contribution in [0, 0.1) is 0 Å². The van der Waals surface area contributed by atoms with Gasteiger partial charge in [0.25, 0.3) is 11.7 Å². The van der Waals surface area contributed by atoms with E-state index in [-0.39, 0.29) is 23.6 Å². The van der Waals surface area contributed by atoms with E-state index in [0.717, 1.165) is 10.8 Å². The normalized spacial score (nSPS) is 16.8. The minimum absolute atomic E-state index is 0.0294. The number of amides is 1. The van der Waals surface area contributed by atoms with Crippen LogP contribution in [0.1, 0.15) is 33.1 Å². The van der Waals surface area contributed by atoms with Crippen LogP contribution in [0.5, 0.6) is 5.75 Å². The molecule has 7 nitrogen and oxygen atoms in total. The van der Waals surface area contributed by atoms with E-state index in [2.05, 4.69) is 0 Å². The molecule has 4 aromatic carbocycles. The Bertz CT molecular complexity index is 1550. The Balaban J connectivity index is 1.63. The van der Waals surface area contributed by atoms with Crippen LogP contribution in [-0.4, -0.2) is 39.9 Å². The predicted octanol–water partition coefficient (Wildman–Crippen LogP) is 4.95. The number of phenols is 1. The Kier molecular flexibility index (Phi) is 6.19. The first-order valence-electron chi connectivity index (χ1n) is 11.6. The molecule has 1 unspecified atom stereocenters. The van der Waals surface area contributed by atoms with Crippen molar-refractivity contribution in [2.45, 2.75) is 12.6 Å². The van der Waals surface area contributed by atoms with Gasteiger partial charge in [0.15, 0.2) is 0 Å². The highest BCUT2D eigenvalue weighted by Gasteiger charge is 2.46. The molecule has 1 amide bonds. The number of phenolic OH excluding ortho intramolecular Hbond substituents is 1. The molecule has 184 valence electrons. The van der Waals surface area contributed by atoms with Gasteiger partial charge in [0.1, 0.15) is 11.5 Å². The van der Waals surface area contributed by atoms with Gasteiger partial charge in [-0.2, -0.15) is 0 Å². The summed E-state index contributed by atoms with van der Waals surface area (Å²) in [6.07, 6.45) is 0. The smallest absolute Gasteiger partial charge is 0.337 e. The Morgan fingerprint density at radius 1 is 0.892 bits per heavy atom. The molecule has 0 radical (unpaired) electrons. The second-order valence-corrected chi connectivity index (χ2v) is 8.73. The highest BCUT2D eigenvalue weighted by Crippen LogP contribution is 2.41. The summed E-state index contributed by atoms with van der Waals surface area (Å²) >= 11 is 0. The van der Waals surface area contributed by atoms with Gasteiger partial charge in [0.2, 0.25) is 0 Å². The van der Waals surface area contributed by atoms with E-state index in [4.69, 9.17) is 4.74 Å². The Hall–Kier alpha value is -4.91. The minimum Gasteiger partial charge on any atom is -0.508 e. The first-order valence-corrected chi connectivity index (χ1v) is 11.6. The number of carbonyl (C=O) groups is 3. The zero-order valence-corrected chi connectivity index (χ0v) is 19.9. The summed E-state index contributed by atoms with van der Waals surface area (Å²) in [4.78, 5) is 39.8. The van der Waals surface area contributed by atoms with E-state index >= 15 is 0 Å². The molecule has 37 heavy (non-hydrogen) atoms. The molecule has 7 heteroatoms. The maximum Gasteiger partial charge on any atom is 0.337 e. The van der Waals surface area contributed by atoms with Crippen LogP contribution in [0.2, 0.25) is 0 Å². The molecular formula is C30H23NO6. The third kappa shape index (κ3) is 4.31. The number of rotatable bonds is 5. The molecule has 1 fully saturated rings. The topological polar surface area (TPSA) is 104 Å². The molecule has 1 aliphatic rings. The van der Waals surface area contributed by atoms with Gasteiger partial charge in [-0.05, 0) is 46.2 Å². The molecule has 1 saturated heterocycles. The van der Waals surface area contributed by atoms with Gasteiger partial charge in [0.05, 0.1) is 24.3 Å². The molecule has 1 atom stereocenters. The Labute approximate surface area is 212 Å². The number of fused-ring (bicyclic) bond motifs is 1. The number of hydrogen-bond donors (Lipinski definition) is 2. The van der Waals surface area contributed by atoms with E-state index in [1.165, 1.54) is 24.1 Å². The summed E-state index contributed by atoms with van der Waals surface area (Å²) < 4.78 is 4.74. The van der Waals surface area contributed by atoms with E-state index < -0.39 is 23.7 Å². The number of Topliss-reactive ketones (excluding diaryl/α,β-unsaturated/α-hetero) is 1. The average molecular weight is 494 g/mol. The standard InChI is InChI=1S/C30H23NO6/c1-37-30(36)21-11-9-18(10-12-21)17-31-26(20-13-15-22(32)16-14-20)25(28(34)29(31)35)27(33)24-8-4-6-19-5-2-3-7-23(19)24/h2-16,26,32-33H,17H2,1H3/b27-25-. The number of aromatic hydroxyl groups is 1. The number of carbonyl (C=O) groups excluding carboxylic acids is 3. The number of nitrogens with zero attached hydrogens (tertiary/aromatic N) is 1. The number of aliphatic hydroxyl groups is 1. The molecular weight excluding hydrogens is 470 g/mol. The summed E-state index contributed by atoms with van der Waals surface area (Å²) in [5.41, 5.74) is 2.02. The third-order valence-electron chi connectivity index (χ3n) is 6.52. The number of ketones is 1. The van der Waals surface area contributed by atoms with Crippen LogP contribution in [0.4, 0.5) is 0 Å². The van der Waals surface area contributed by atoms with Gasteiger partial charge < -0.3 is 19.8 Å². The van der Waals surface area contributed by atoms with Crippen molar-refractivity contribution in [2.75, 3.05) is 7.11 Å². The van der Waals surface area contributed by atoms with Crippen LogP contribution in [-0.2, 0) is 20.9 Å². The maximum atomic E-state index is 13.4. The number of methoxy groups -OCH3 is 1. The predicted molar refractivity (Wildman–Crippen MR) is 138 cm³/mol. The Morgan fingerprint density at radius 2 is 1.57 bits per heavy atom. The first-order chi connectivity index (χ1) is 17.9. The van der Waals surface area contributed by atoms with E-state index in [1.54, 1.807) is 48.5 Å². The fraction of sp³-hybridized carbons (Fsp3) is 0.100. The molecule has 0 saturated carbocycles. The largest absolute Gasteiger partial charge is 0.508 e. The van der Waals surface area contributed by atoms with Gasteiger partial charge >= 0.3 is 5.97 Å². The molecule has 0 bridgehead atoms. The van der Waals surface area contributed by atoms with Crippen molar-refractivity contribution in [3.8, 4) is 5.75 Å². The third-order valence-corrected chi connectivity index (χ3v) is 6.52. The van der Waals surface area contributed by atoms with Crippen molar-refractivity contribution in [1.82, 2.24) is 4.90 Å². The monoisotopic (exact) mass is 493 g/mol. The summed E-state index contributed by atoms with van der Waals surface area (Å²) in [7, 11) is 1.29. The van der Waals surface area contributed by atoms with Crippen molar-refractivity contribution in [2.24, 2.45) is 0 Å². The number of aliphatic hydroxyl groups excluding tert-OH is 1. The van der Waals surface area contributed by atoms with Gasteiger partial charge in [-0.25, -0.2) is 4.79 Å². The summed E-state index contributed by atoms with van der Waals surface area (Å²) in [5.74, 6) is -2.26. The molecule has 0 spiro atoms. The van der Waals surface area contributed by atoms with Gasteiger partial charge in [-0.15, -0.1) is 0 Å². The van der Waals surface area contributed by atoms with Crippen LogP contribution >= 0.6 is 0 Å². The van der Waals surface area contributed by atoms with Crippen molar-refractivity contribution in [3.63, 3.8) is 0 Å². The number of benzene rings is 4. The summed E-state index contributed by atoms with van der Waals surface area (Å²) in [6, 6.07) is 24.7. The molecule has 1 heterocycles. The minimum atomic E-state index is -0.889. The van der Waals surface area contributed by atoms with E-state index in [0.29, 0.717) is 22.3 Å². The fourth-order valence-electron chi connectivity index (χ4n) is 4.68. The van der Waals surface area contributed by atoms with Crippen LogP contribution < -0.4 is 0 Å². The quantitative estimate of drug-likeness (QED) is 0.176. The van der Waals surface area contributed by atoms with Crippen LogP contribution in [0.3, 0.4) is 0 Å². The van der Waals surface area contributed by atoms with E-state index in [1.807, 2.05) is 30.3 Å². The second-order valence-electron chi connectivity index (χ2n) is 8.73. The van der Waals surface area contributed by atoms with E-state index in [9.17, 15) is 24.6 Å². The molecule has 0 aliphatic carbocycles. The fourth-order valence-corrected chi connectivity index (χ4v) is 4.68. The second kappa shape index (κ2) is 9.62. The summed E-state index contributed by atoms with van der Waals surface area (Å²) in [5, 5.41) is 22.9. The number of ether oxygens (including phenoxy) is 1. The Morgan fingerprint density at radius 3 is 2.27 bits per heavy atom. The average Bonchev–Trinajstić information content (AvgIpc) is 3.17. The van der Waals surface area contributed by atoms with Crippen molar-refractivity contribution in [3.05, 3.63) is 119 Å². The number of likely N-dealkylation sites (tertiary alicyclic amines) is 1. The van der Waals surface area contributed by atoms with Gasteiger partial charge in [-0.1, -0.05) is 66.7 Å². The van der Waals surface area contributed by atoms with Gasteiger partial charge in [0, 0.05) is 12.1 Å². The van der Waals surface area contributed by atoms with Crippen molar-refractivity contribution >= 4 is 34.2 Å². The van der Waals surface area contributed by atoms with Gasteiger partial charge in [-0.3, -0.25) is 9.59 Å². The molecule has 2 N–H and O–H groups in total. The van der Waals surface area contributed by atoms with Crippen molar-refractivity contribution in [1.29, 1.82) is 0 Å². The summed E-state index contributed by atoms with van der Waals surface area (Å²) in [6.45, 7) is 0.0594. The SMILES string of the molecule is COC(=O)c1ccc(CN2C(=O)C(=O)/C(=C(\O)c3cccc4ccccc34)C2c2ccc(O)cc2)cc1. The molecule has 1 aliphatic heterocycles. The lowest BCUT2D eigenvalue weighted by atomic mass is 9.93. The zero-order chi connectivity index (χ0) is 26.1. The zero-order valence-electron chi connectivity index (χ0n) is 19.9. The highest BCUT2D eigenvalue weighted by molar-refractivity contribution is 6.46. The number of esters is 1. The lowest BCUT2D eigenvalue weighted by molar-refractivity contribution is -0.140. The lowest BCUT2D eigenvalue weighted by Crippen LogP contribution is -2.29. The molecule has 0 aromatic heterocycles. The maximum absolute atomic E-state index is 13.4. The first kappa shape index (κ1) is 23.8. The molecule has 4 aromatic rings. The van der Waals surface area contributed by atoms with Crippen LogP contribution in [0.15, 0.2) is 96.6 Å². The lowest BCUT2D eigenvalue weighted by Gasteiger charge is -2.25.